The maximum Gasteiger partial charge on any atom is 0.284 e. The monoisotopic (exact) mass is 434 g/mol. The van der Waals surface area contributed by atoms with E-state index in [9.17, 15) is 18.0 Å². The maximum absolute atomic E-state index is 14.0. The highest BCUT2D eigenvalue weighted by Gasteiger charge is 2.23. The van der Waals surface area contributed by atoms with Crippen molar-refractivity contribution in [2.75, 3.05) is 26.3 Å². The van der Waals surface area contributed by atoms with Crippen LogP contribution in [-0.4, -0.2) is 46.6 Å². The topological polar surface area (TPSA) is 68.1 Å². The van der Waals surface area contributed by atoms with Crippen molar-refractivity contribution in [1.82, 2.24) is 19.8 Å². The summed E-state index contributed by atoms with van der Waals surface area (Å²) in [5.41, 5.74) is 4.15. The Kier molecular flexibility index (Phi) is 5.84. The molecule has 0 unspecified atom stereocenters. The Bertz CT molecular complexity index is 1140. The van der Waals surface area contributed by atoms with Gasteiger partial charge in [0, 0.05) is 19.3 Å². The molecule has 0 spiro atoms. The smallest absolute Gasteiger partial charge is 0.284 e. The molecule has 1 saturated heterocycles. The molecule has 164 valence electrons. The molecule has 1 aliphatic heterocycles. The van der Waals surface area contributed by atoms with Crippen molar-refractivity contribution in [3.05, 3.63) is 64.4 Å². The standard InChI is InChI=1S/C21H21F3N4O3/c1-12-9-17(31-11-14-15(22)3-4-16(23)18(14)24)20-25-13(2)19(28(20)10-12)21(29)26-27-5-7-30-8-6-27/h3-4,9-10H,5-8,11H2,1-2H3,(H,26,29). The van der Waals surface area contributed by atoms with Gasteiger partial charge in [-0.2, -0.15) is 0 Å². The number of hydrogen-bond acceptors (Lipinski definition) is 5. The largest absolute Gasteiger partial charge is 0.485 e. The number of hydrogen-bond donors (Lipinski definition) is 1. The van der Waals surface area contributed by atoms with E-state index < -0.39 is 29.6 Å². The Hall–Kier alpha value is -3.11. The van der Waals surface area contributed by atoms with Crippen molar-refractivity contribution in [1.29, 1.82) is 0 Å². The number of hydrazine groups is 1. The fourth-order valence-electron chi connectivity index (χ4n) is 3.46. The van der Waals surface area contributed by atoms with Gasteiger partial charge in [-0.25, -0.2) is 23.2 Å². The molecular weight excluding hydrogens is 413 g/mol. The molecule has 2 aromatic heterocycles. The lowest BCUT2D eigenvalue weighted by Crippen LogP contribution is -2.48. The van der Waals surface area contributed by atoms with E-state index in [1.807, 2.05) is 0 Å². The number of imidazole rings is 1. The van der Waals surface area contributed by atoms with Crippen molar-refractivity contribution in [2.24, 2.45) is 0 Å². The van der Waals surface area contributed by atoms with Crippen molar-refractivity contribution >= 4 is 11.6 Å². The lowest BCUT2D eigenvalue weighted by Gasteiger charge is -2.26. The number of fused-ring (bicyclic) bond motifs is 1. The summed E-state index contributed by atoms with van der Waals surface area (Å²) >= 11 is 0. The first-order valence-electron chi connectivity index (χ1n) is 9.73. The van der Waals surface area contributed by atoms with E-state index in [0.717, 1.165) is 17.7 Å². The lowest BCUT2D eigenvalue weighted by molar-refractivity contribution is 0.0124. The minimum atomic E-state index is -1.30. The maximum atomic E-state index is 14.0. The fourth-order valence-corrected chi connectivity index (χ4v) is 3.46. The van der Waals surface area contributed by atoms with Gasteiger partial charge in [-0.05, 0) is 37.6 Å². The third-order valence-electron chi connectivity index (χ3n) is 4.99. The van der Waals surface area contributed by atoms with Crippen LogP contribution in [0.25, 0.3) is 5.65 Å². The normalized spacial score (nSPS) is 14.7. The van der Waals surface area contributed by atoms with E-state index in [2.05, 4.69) is 10.4 Å². The zero-order valence-corrected chi connectivity index (χ0v) is 17.0. The van der Waals surface area contributed by atoms with Gasteiger partial charge in [0.05, 0.1) is 24.5 Å². The highest BCUT2D eigenvalue weighted by molar-refractivity contribution is 5.94. The number of ether oxygens (including phenoxy) is 2. The Morgan fingerprint density at radius 1 is 1.19 bits per heavy atom. The number of pyridine rings is 1. The highest BCUT2D eigenvalue weighted by atomic mass is 19.2. The number of halogens is 3. The summed E-state index contributed by atoms with van der Waals surface area (Å²) in [6, 6.07) is 3.20. The summed E-state index contributed by atoms with van der Waals surface area (Å²) in [7, 11) is 0. The molecule has 7 nitrogen and oxygen atoms in total. The quantitative estimate of drug-likeness (QED) is 0.626. The van der Waals surface area contributed by atoms with Crippen LogP contribution in [0, 0.1) is 31.3 Å². The Labute approximate surface area is 176 Å². The molecule has 1 N–H and O–H groups in total. The third kappa shape index (κ3) is 4.21. The van der Waals surface area contributed by atoms with E-state index in [0.29, 0.717) is 43.3 Å². The van der Waals surface area contributed by atoms with E-state index in [1.165, 1.54) is 0 Å². The first kappa shape index (κ1) is 21.1. The van der Waals surface area contributed by atoms with Crippen LogP contribution in [-0.2, 0) is 11.3 Å². The molecule has 1 aliphatic rings. The van der Waals surface area contributed by atoms with Crippen LogP contribution >= 0.6 is 0 Å². The molecule has 1 aromatic carbocycles. The number of aromatic nitrogens is 2. The van der Waals surface area contributed by atoms with Crippen LogP contribution in [0.4, 0.5) is 13.2 Å². The predicted molar refractivity (Wildman–Crippen MR) is 105 cm³/mol. The minimum Gasteiger partial charge on any atom is -0.485 e. The highest BCUT2D eigenvalue weighted by Crippen LogP contribution is 2.26. The Morgan fingerprint density at radius 2 is 1.90 bits per heavy atom. The number of morpholine rings is 1. The molecule has 4 rings (SSSR count). The van der Waals surface area contributed by atoms with Crippen LogP contribution in [0.5, 0.6) is 5.75 Å². The molecule has 1 fully saturated rings. The molecule has 1 amide bonds. The molecule has 0 radical (unpaired) electrons. The Balaban J connectivity index is 1.64. The summed E-state index contributed by atoms with van der Waals surface area (Å²) in [5, 5.41) is 1.77. The van der Waals surface area contributed by atoms with Crippen molar-refractivity contribution in [3.63, 3.8) is 0 Å². The average Bonchev–Trinajstić information content (AvgIpc) is 3.07. The second-order valence-corrected chi connectivity index (χ2v) is 7.27. The fraction of sp³-hybridized carbons (Fsp3) is 0.333. The molecular formula is C21H21F3N4O3. The summed E-state index contributed by atoms with van der Waals surface area (Å²) in [5.74, 6) is -3.49. The van der Waals surface area contributed by atoms with Crippen molar-refractivity contribution in [3.8, 4) is 5.75 Å². The van der Waals surface area contributed by atoms with Crippen molar-refractivity contribution in [2.45, 2.75) is 20.5 Å². The number of nitrogens with zero attached hydrogens (tertiary/aromatic N) is 3. The third-order valence-corrected chi connectivity index (χ3v) is 4.99. The van der Waals surface area contributed by atoms with Crippen LogP contribution < -0.4 is 10.2 Å². The number of aryl methyl sites for hydroxylation is 2. The van der Waals surface area contributed by atoms with Gasteiger partial charge in [0.2, 0.25) is 0 Å². The second-order valence-electron chi connectivity index (χ2n) is 7.27. The molecule has 0 bridgehead atoms. The van der Waals surface area contributed by atoms with E-state index in [-0.39, 0.29) is 11.7 Å². The molecule has 3 aromatic rings. The van der Waals surface area contributed by atoms with Gasteiger partial charge < -0.3 is 9.47 Å². The predicted octanol–water partition coefficient (Wildman–Crippen LogP) is 2.92. The van der Waals surface area contributed by atoms with Crippen molar-refractivity contribution < 1.29 is 27.4 Å². The van der Waals surface area contributed by atoms with Gasteiger partial charge in [0.25, 0.3) is 5.91 Å². The molecule has 31 heavy (non-hydrogen) atoms. The van der Waals surface area contributed by atoms with Gasteiger partial charge in [-0.3, -0.25) is 14.6 Å². The summed E-state index contributed by atoms with van der Waals surface area (Å²) in [4.78, 5) is 17.3. The van der Waals surface area contributed by atoms with Gasteiger partial charge >= 0.3 is 0 Å². The second kappa shape index (κ2) is 8.56. The van der Waals surface area contributed by atoms with Gasteiger partial charge in [0.1, 0.15) is 18.1 Å². The number of carbonyl (C=O) groups is 1. The number of carbonyl (C=O) groups excluding carboxylic acids is 1. The summed E-state index contributed by atoms with van der Waals surface area (Å²) < 4.78 is 53.9. The number of amides is 1. The minimum absolute atomic E-state index is 0.219. The first-order chi connectivity index (χ1) is 14.8. The molecule has 0 atom stereocenters. The van der Waals surface area contributed by atoms with Crippen LogP contribution in [0.1, 0.15) is 27.3 Å². The van der Waals surface area contributed by atoms with Gasteiger partial charge in [-0.15, -0.1) is 0 Å². The van der Waals surface area contributed by atoms with E-state index >= 15 is 0 Å². The van der Waals surface area contributed by atoms with Gasteiger partial charge in [0.15, 0.2) is 23.0 Å². The first-order valence-corrected chi connectivity index (χ1v) is 9.73. The van der Waals surface area contributed by atoms with Gasteiger partial charge in [-0.1, -0.05) is 0 Å². The van der Waals surface area contributed by atoms with E-state index in [1.54, 1.807) is 35.5 Å². The SMILES string of the molecule is Cc1cc(OCc2c(F)ccc(F)c2F)c2nc(C)c(C(=O)NN3CCOCC3)n2c1. The zero-order valence-electron chi connectivity index (χ0n) is 17.0. The number of rotatable bonds is 5. The van der Waals surface area contributed by atoms with Crippen LogP contribution in [0.15, 0.2) is 24.4 Å². The molecule has 0 saturated carbocycles. The molecule has 0 aliphatic carbocycles. The molecule has 10 heteroatoms. The number of nitrogens with one attached hydrogen (secondary N) is 1. The zero-order chi connectivity index (χ0) is 22.1. The summed E-state index contributed by atoms with van der Waals surface area (Å²) in [6.07, 6.45) is 1.72. The number of benzene rings is 1. The Morgan fingerprint density at radius 3 is 2.65 bits per heavy atom. The summed E-state index contributed by atoms with van der Waals surface area (Å²) in [6.45, 7) is 5.13. The van der Waals surface area contributed by atoms with Crippen LogP contribution in [0.3, 0.4) is 0 Å². The lowest BCUT2D eigenvalue weighted by atomic mass is 10.2. The molecule has 3 heterocycles. The average molecular weight is 434 g/mol. The van der Waals surface area contributed by atoms with Crippen LogP contribution in [0.2, 0.25) is 0 Å². The van der Waals surface area contributed by atoms with E-state index in [4.69, 9.17) is 9.47 Å².